The zero-order valence-corrected chi connectivity index (χ0v) is 12.2. The van der Waals surface area contributed by atoms with Gasteiger partial charge in [-0.05, 0) is 31.5 Å². The minimum Gasteiger partial charge on any atom is -0.358 e. The molecule has 1 fully saturated rings. The highest BCUT2D eigenvalue weighted by Gasteiger charge is 2.25. The number of hydrogen-bond acceptors (Lipinski definition) is 3. The predicted molar refractivity (Wildman–Crippen MR) is 76.6 cm³/mol. The summed E-state index contributed by atoms with van der Waals surface area (Å²) in [5.41, 5.74) is 8.01. The fourth-order valence-corrected chi connectivity index (χ4v) is 2.93. The summed E-state index contributed by atoms with van der Waals surface area (Å²) in [5, 5.41) is 2.86. The molecule has 0 radical (unpaired) electrons. The number of piperazine rings is 1. The van der Waals surface area contributed by atoms with Crippen LogP contribution in [0.2, 0.25) is 0 Å². The summed E-state index contributed by atoms with van der Waals surface area (Å²) in [4.78, 5) is 13.8. The van der Waals surface area contributed by atoms with E-state index in [9.17, 15) is 4.79 Å². The quantitative estimate of drug-likeness (QED) is 0.875. The molecular formula is C13H18BrN3O. The van der Waals surface area contributed by atoms with Crippen LogP contribution >= 0.6 is 15.9 Å². The van der Waals surface area contributed by atoms with Crippen molar-refractivity contribution in [3.05, 3.63) is 28.2 Å². The van der Waals surface area contributed by atoms with Crippen LogP contribution in [0.4, 0.5) is 5.69 Å². The van der Waals surface area contributed by atoms with Gasteiger partial charge >= 0.3 is 0 Å². The highest BCUT2D eigenvalue weighted by atomic mass is 79.9. The number of nitrogens with two attached hydrogens (primary N) is 1. The van der Waals surface area contributed by atoms with E-state index in [1.165, 1.54) is 0 Å². The van der Waals surface area contributed by atoms with Gasteiger partial charge in [0.15, 0.2) is 0 Å². The van der Waals surface area contributed by atoms with Crippen LogP contribution in [0.5, 0.6) is 0 Å². The van der Waals surface area contributed by atoms with Crippen molar-refractivity contribution in [1.82, 2.24) is 5.32 Å². The van der Waals surface area contributed by atoms with Gasteiger partial charge in [0, 0.05) is 29.3 Å². The normalized spacial score (nSPS) is 21.7. The largest absolute Gasteiger partial charge is 0.358 e. The lowest BCUT2D eigenvalue weighted by molar-refractivity contribution is -0.122. The number of amides is 1. The van der Waals surface area contributed by atoms with E-state index < -0.39 is 0 Å². The molecule has 2 atom stereocenters. The second kappa shape index (κ2) is 5.28. The van der Waals surface area contributed by atoms with Crippen molar-refractivity contribution in [3.63, 3.8) is 0 Å². The molecule has 1 aromatic rings. The highest BCUT2D eigenvalue weighted by molar-refractivity contribution is 9.10. The SMILES string of the molecule is CC1C(=O)NCCN1c1ccc([C@@H](C)N)c(Br)c1. The summed E-state index contributed by atoms with van der Waals surface area (Å²) in [5.74, 6) is 0.0774. The summed E-state index contributed by atoms with van der Waals surface area (Å²) < 4.78 is 0.994. The Bertz CT molecular complexity index is 462. The molecule has 0 spiro atoms. The number of hydrogen-bond donors (Lipinski definition) is 2. The lowest BCUT2D eigenvalue weighted by atomic mass is 10.1. The zero-order valence-electron chi connectivity index (χ0n) is 10.6. The van der Waals surface area contributed by atoms with Crippen LogP contribution in [0, 0.1) is 0 Å². The Kier molecular flexibility index (Phi) is 3.92. The van der Waals surface area contributed by atoms with Crippen molar-refractivity contribution in [3.8, 4) is 0 Å². The monoisotopic (exact) mass is 311 g/mol. The van der Waals surface area contributed by atoms with Gasteiger partial charge in [-0.15, -0.1) is 0 Å². The molecule has 1 saturated heterocycles. The average Bonchev–Trinajstić information content (AvgIpc) is 2.32. The Labute approximate surface area is 116 Å². The van der Waals surface area contributed by atoms with Crippen molar-refractivity contribution in [2.45, 2.75) is 25.9 Å². The van der Waals surface area contributed by atoms with E-state index in [1.807, 2.05) is 32.0 Å². The van der Waals surface area contributed by atoms with Gasteiger partial charge in [0.1, 0.15) is 6.04 Å². The van der Waals surface area contributed by atoms with Crippen LogP contribution in [0.25, 0.3) is 0 Å². The van der Waals surface area contributed by atoms with Crippen LogP contribution in [-0.4, -0.2) is 25.0 Å². The van der Waals surface area contributed by atoms with Crippen molar-refractivity contribution in [2.24, 2.45) is 5.73 Å². The van der Waals surface area contributed by atoms with Crippen LogP contribution < -0.4 is 16.0 Å². The number of benzene rings is 1. The Balaban J connectivity index is 2.28. The number of carbonyl (C=O) groups excluding carboxylic acids is 1. The molecule has 2 rings (SSSR count). The molecule has 98 valence electrons. The van der Waals surface area contributed by atoms with Gasteiger partial charge in [0.05, 0.1) is 0 Å². The maximum Gasteiger partial charge on any atom is 0.242 e. The smallest absolute Gasteiger partial charge is 0.242 e. The third-order valence-electron chi connectivity index (χ3n) is 3.31. The lowest BCUT2D eigenvalue weighted by Gasteiger charge is -2.35. The molecule has 1 aliphatic heterocycles. The van der Waals surface area contributed by atoms with Gasteiger partial charge in [-0.25, -0.2) is 0 Å². The first-order valence-electron chi connectivity index (χ1n) is 6.10. The summed E-state index contributed by atoms with van der Waals surface area (Å²) in [6, 6.07) is 5.94. The second-order valence-electron chi connectivity index (χ2n) is 4.65. The van der Waals surface area contributed by atoms with Crippen LogP contribution in [0.15, 0.2) is 22.7 Å². The van der Waals surface area contributed by atoms with E-state index in [2.05, 4.69) is 26.1 Å². The summed E-state index contributed by atoms with van der Waals surface area (Å²) >= 11 is 3.54. The van der Waals surface area contributed by atoms with Crippen molar-refractivity contribution < 1.29 is 4.79 Å². The number of carbonyl (C=O) groups is 1. The zero-order chi connectivity index (χ0) is 13.3. The first-order chi connectivity index (χ1) is 8.50. The molecule has 1 aliphatic rings. The lowest BCUT2D eigenvalue weighted by Crippen LogP contribution is -2.54. The van der Waals surface area contributed by atoms with Gasteiger partial charge in [-0.2, -0.15) is 0 Å². The fourth-order valence-electron chi connectivity index (χ4n) is 2.20. The van der Waals surface area contributed by atoms with Gasteiger partial charge in [-0.3, -0.25) is 4.79 Å². The summed E-state index contributed by atoms with van der Waals surface area (Å²) in [6.07, 6.45) is 0. The molecule has 0 saturated carbocycles. The van der Waals surface area contributed by atoms with Crippen LogP contribution in [0.1, 0.15) is 25.5 Å². The topological polar surface area (TPSA) is 58.4 Å². The Hall–Kier alpha value is -1.07. The number of anilines is 1. The molecule has 0 aromatic heterocycles. The van der Waals surface area contributed by atoms with Crippen molar-refractivity contribution in [1.29, 1.82) is 0 Å². The van der Waals surface area contributed by atoms with E-state index in [4.69, 9.17) is 5.73 Å². The molecule has 4 nitrogen and oxygen atoms in total. The van der Waals surface area contributed by atoms with Crippen LogP contribution in [0.3, 0.4) is 0 Å². The molecule has 5 heteroatoms. The number of rotatable bonds is 2. The molecular weight excluding hydrogens is 294 g/mol. The fraction of sp³-hybridized carbons (Fsp3) is 0.462. The second-order valence-corrected chi connectivity index (χ2v) is 5.51. The molecule has 1 amide bonds. The van der Waals surface area contributed by atoms with E-state index >= 15 is 0 Å². The number of nitrogens with one attached hydrogen (secondary N) is 1. The van der Waals surface area contributed by atoms with Crippen molar-refractivity contribution >= 4 is 27.5 Å². The summed E-state index contributed by atoms with van der Waals surface area (Å²) in [6.45, 7) is 5.39. The predicted octanol–water partition coefficient (Wildman–Crippen LogP) is 1.79. The molecule has 0 bridgehead atoms. The third-order valence-corrected chi connectivity index (χ3v) is 3.99. The Morgan fingerprint density at radius 3 is 2.89 bits per heavy atom. The molecule has 3 N–H and O–H groups in total. The first-order valence-corrected chi connectivity index (χ1v) is 6.89. The van der Waals surface area contributed by atoms with Gasteiger partial charge < -0.3 is 16.0 Å². The molecule has 0 aliphatic carbocycles. The maximum absolute atomic E-state index is 11.7. The van der Waals surface area contributed by atoms with Crippen molar-refractivity contribution in [2.75, 3.05) is 18.0 Å². The molecule has 1 unspecified atom stereocenters. The van der Waals surface area contributed by atoms with E-state index in [-0.39, 0.29) is 18.0 Å². The van der Waals surface area contributed by atoms with E-state index in [1.54, 1.807) is 0 Å². The Morgan fingerprint density at radius 1 is 1.56 bits per heavy atom. The molecule has 1 aromatic carbocycles. The Morgan fingerprint density at radius 2 is 2.28 bits per heavy atom. The number of halogens is 1. The standard InChI is InChI=1S/C13H18BrN3O/c1-8(15)11-4-3-10(7-12(11)14)17-6-5-16-13(18)9(17)2/h3-4,7-9H,5-6,15H2,1-2H3,(H,16,18)/t8-,9?/m1/s1. The van der Waals surface area contributed by atoms with Crippen LogP contribution in [-0.2, 0) is 4.79 Å². The molecule has 1 heterocycles. The highest BCUT2D eigenvalue weighted by Crippen LogP contribution is 2.28. The minimum absolute atomic E-state index is 0.00416. The third kappa shape index (κ3) is 2.52. The molecule has 18 heavy (non-hydrogen) atoms. The summed E-state index contributed by atoms with van der Waals surface area (Å²) in [7, 11) is 0. The van der Waals surface area contributed by atoms with Gasteiger partial charge in [0.2, 0.25) is 5.91 Å². The van der Waals surface area contributed by atoms with E-state index in [0.29, 0.717) is 6.54 Å². The van der Waals surface area contributed by atoms with E-state index in [0.717, 1.165) is 22.3 Å². The van der Waals surface area contributed by atoms with Gasteiger partial charge in [-0.1, -0.05) is 22.0 Å². The maximum atomic E-state index is 11.7. The van der Waals surface area contributed by atoms with Gasteiger partial charge in [0.25, 0.3) is 0 Å². The first kappa shape index (κ1) is 13.4. The average molecular weight is 312 g/mol. The minimum atomic E-state index is -0.133. The number of nitrogens with zero attached hydrogens (tertiary/aromatic N) is 1.